The molecule has 0 spiro atoms. The first-order chi connectivity index (χ1) is 6.77. The summed E-state index contributed by atoms with van der Waals surface area (Å²) >= 11 is 0. The Hall–Kier alpha value is -1.02. The quantitative estimate of drug-likeness (QED) is 0.708. The molecule has 1 aromatic carbocycles. The van der Waals surface area contributed by atoms with Crippen molar-refractivity contribution < 1.29 is 4.74 Å². The van der Waals surface area contributed by atoms with E-state index in [1.54, 1.807) is 7.11 Å². The van der Waals surface area contributed by atoms with Crippen LogP contribution < -0.4 is 4.90 Å². The lowest BCUT2D eigenvalue weighted by molar-refractivity contribution is 0.206. The Morgan fingerprint density at radius 3 is 2.43 bits per heavy atom. The SMILES string of the molecule is [CH2]Cc1ccc(N(C)CCOC)cc1. The predicted octanol–water partition coefficient (Wildman–Crippen LogP) is 2.15. The number of anilines is 1. The molecule has 0 saturated carbocycles. The van der Waals surface area contributed by atoms with Crippen LogP contribution >= 0.6 is 0 Å². The fraction of sp³-hybridized carbons (Fsp3) is 0.417. The standard InChI is InChI=1S/C12H18NO/c1-4-11-5-7-12(8-6-11)13(2)9-10-14-3/h5-8H,1,4,9-10H2,2-3H3. The van der Waals surface area contributed by atoms with E-state index < -0.39 is 0 Å². The van der Waals surface area contributed by atoms with Crippen LogP contribution in [0.3, 0.4) is 0 Å². The number of nitrogens with zero attached hydrogens (tertiary/aromatic N) is 1. The molecule has 14 heavy (non-hydrogen) atoms. The number of benzene rings is 1. The molecule has 0 unspecified atom stereocenters. The van der Waals surface area contributed by atoms with Gasteiger partial charge in [0.15, 0.2) is 0 Å². The van der Waals surface area contributed by atoms with Crippen LogP contribution in [0, 0.1) is 6.92 Å². The van der Waals surface area contributed by atoms with Crippen molar-refractivity contribution in [3.8, 4) is 0 Å². The molecule has 77 valence electrons. The first kappa shape index (κ1) is 11.1. The molecular weight excluding hydrogens is 174 g/mol. The summed E-state index contributed by atoms with van der Waals surface area (Å²) in [6.45, 7) is 5.52. The third-order valence-electron chi connectivity index (χ3n) is 2.30. The summed E-state index contributed by atoms with van der Waals surface area (Å²) in [5.41, 5.74) is 2.49. The zero-order valence-electron chi connectivity index (χ0n) is 8.99. The summed E-state index contributed by atoms with van der Waals surface area (Å²) in [7, 11) is 3.79. The number of hydrogen-bond donors (Lipinski definition) is 0. The maximum Gasteiger partial charge on any atom is 0.0637 e. The minimum Gasteiger partial charge on any atom is -0.383 e. The lowest BCUT2D eigenvalue weighted by atomic mass is 10.1. The first-order valence-electron chi connectivity index (χ1n) is 4.86. The summed E-state index contributed by atoms with van der Waals surface area (Å²) in [4.78, 5) is 2.18. The Morgan fingerprint density at radius 1 is 1.29 bits per heavy atom. The minimum atomic E-state index is 0.758. The zero-order chi connectivity index (χ0) is 10.4. The van der Waals surface area contributed by atoms with Gasteiger partial charge in [-0.2, -0.15) is 0 Å². The van der Waals surface area contributed by atoms with E-state index in [2.05, 4.69) is 43.1 Å². The Morgan fingerprint density at radius 2 is 1.93 bits per heavy atom. The molecule has 1 aromatic rings. The van der Waals surface area contributed by atoms with Gasteiger partial charge in [-0.3, -0.25) is 0 Å². The van der Waals surface area contributed by atoms with Crippen molar-refractivity contribution in [3.05, 3.63) is 36.8 Å². The van der Waals surface area contributed by atoms with Gasteiger partial charge in [-0.25, -0.2) is 0 Å². The van der Waals surface area contributed by atoms with Gasteiger partial charge in [0.05, 0.1) is 6.61 Å². The van der Waals surface area contributed by atoms with E-state index in [0.29, 0.717) is 0 Å². The van der Waals surface area contributed by atoms with Crippen LogP contribution in [0.1, 0.15) is 5.56 Å². The molecule has 0 aliphatic heterocycles. The number of likely N-dealkylation sites (N-methyl/N-ethyl adjacent to an activating group) is 1. The van der Waals surface area contributed by atoms with Crippen LogP contribution in [0.25, 0.3) is 0 Å². The van der Waals surface area contributed by atoms with E-state index in [9.17, 15) is 0 Å². The van der Waals surface area contributed by atoms with Crippen LogP contribution in [0.5, 0.6) is 0 Å². The Labute approximate surface area is 86.5 Å². The van der Waals surface area contributed by atoms with Crippen molar-refractivity contribution in [2.24, 2.45) is 0 Å². The molecule has 0 amide bonds. The second kappa shape index (κ2) is 5.66. The largest absolute Gasteiger partial charge is 0.383 e. The van der Waals surface area contributed by atoms with Crippen molar-refractivity contribution >= 4 is 5.69 Å². The van der Waals surface area contributed by atoms with Crippen molar-refractivity contribution in [1.82, 2.24) is 0 Å². The average Bonchev–Trinajstić information content (AvgIpc) is 2.26. The van der Waals surface area contributed by atoms with E-state index in [-0.39, 0.29) is 0 Å². The highest BCUT2D eigenvalue weighted by molar-refractivity contribution is 5.46. The van der Waals surface area contributed by atoms with E-state index >= 15 is 0 Å². The van der Waals surface area contributed by atoms with Gasteiger partial charge in [-0.05, 0) is 31.0 Å². The van der Waals surface area contributed by atoms with Gasteiger partial charge in [0, 0.05) is 26.4 Å². The van der Waals surface area contributed by atoms with Crippen molar-refractivity contribution in [2.75, 3.05) is 32.2 Å². The molecule has 0 aromatic heterocycles. The summed E-state index contributed by atoms with van der Waals surface area (Å²) in [6, 6.07) is 8.48. The van der Waals surface area contributed by atoms with Gasteiger partial charge >= 0.3 is 0 Å². The number of methoxy groups -OCH3 is 1. The fourth-order valence-corrected chi connectivity index (χ4v) is 1.27. The van der Waals surface area contributed by atoms with E-state index in [1.807, 2.05) is 0 Å². The highest BCUT2D eigenvalue weighted by Gasteiger charge is 1.99. The highest BCUT2D eigenvalue weighted by Crippen LogP contribution is 2.13. The van der Waals surface area contributed by atoms with Crippen LogP contribution in [-0.4, -0.2) is 27.3 Å². The highest BCUT2D eigenvalue weighted by atomic mass is 16.5. The molecule has 0 N–H and O–H groups in total. The monoisotopic (exact) mass is 192 g/mol. The predicted molar refractivity (Wildman–Crippen MR) is 60.6 cm³/mol. The Balaban J connectivity index is 2.57. The Bertz CT molecular complexity index is 256. The lowest BCUT2D eigenvalue weighted by Crippen LogP contribution is -2.21. The van der Waals surface area contributed by atoms with E-state index in [1.165, 1.54) is 11.3 Å². The zero-order valence-corrected chi connectivity index (χ0v) is 8.99. The molecule has 0 heterocycles. The summed E-state index contributed by atoms with van der Waals surface area (Å²) in [5.74, 6) is 0. The van der Waals surface area contributed by atoms with Gasteiger partial charge in [-0.15, -0.1) is 0 Å². The van der Waals surface area contributed by atoms with Crippen LogP contribution in [0.15, 0.2) is 24.3 Å². The average molecular weight is 192 g/mol. The van der Waals surface area contributed by atoms with Crippen LogP contribution in [-0.2, 0) is 11.2 Å². The number of ether oxygens (including phenoxy) is 1. The number of hydrogen-bond acceptors (Lipinski definition) is 2. The lowest BCUT2D eigenvalue weighted by Gasteiger charge is -2.18. The van der Waals surface area contributed by atoms with Gasteiger partial charge in [0.2, 0.25) is 0 Å². The summed E-state index contributed by atoms with van der Waals surface area (Å²) in [5, 5.41) is 0. The smallest absolute Gasteiger partial charge is 0.0637 e. The van der Waals surface area contributed by atoms with Crippen LogP contribution in [0.4, 0.5) is 5.69 Å². The van der Waals surface area contributed by atoms with E-state index in [4.69, 9.17) is 4.74 Å². The molecule has 0 atom stereocenters. The molecule has 0 aliphatic carbocycles. The molecule has 2 heteroatoms. The van der Waals surface area contributed by atoms with Crippen molar-refractivity contribution in [3.63, 3.8) is 0 Å². The van der Waals surface area contributed by atoms with Gasteiger partial charge in [-0.1, -0.05) is 12.1 Å². The molecule has 0 bridgehead atoms. The van der Waals surface area contributed by atoms with Gasteiger partial charge < -0.3 is 9.64 Å². The third-order valence-corrected chi connectivity index (χ3v) is 2.30. The summed E-state index contributed by atoms with van der Waals surface area (Å²) in [6.07, 6.45) is 0.849. The molecule has 1 rings (SSSR count). The van der Waals surface area contributed by atoms with E-state index in [0.717, 1.165) is 19.6 Å². The fourth-order valence-electron chi connectivity index (χ4n) is 1.27. The molecule has 0 aliphatic rings. The minimum absolute atomic E-state index is 0.758. The Kier molecular flexibility index (Phi) is 4.47. The molecule has 2 nitrogen and oxygen atoms in total. The van der Waals surface area contributed by atoms with Crippen molar-refractivity contribution in [2.45, 2.75) is 6.42 Å². The van der Waals surface area contributed by atoms with Gasteiger partial charge in [0.1, 0.15) is 0 Å². The topological polar surface area (TPSA) is 12.5 Å². The molecule has 0 saturated heterocycles. The molecular formula is C12H18NO. The normalized spacial score (nSPS) is 10.2. The molecule has 0 fully saturated rings. The van der Waals surface area contributed by atoms with Crippen molar-refractivity contribution in [1.29, 1.82) is 0 Å². The second-order valence-electron chi connectivity index (χ2n) is 3.33. The number of rotatable bonds is 5. The maximum atomic E-state index is 5.03. The second-order valence-corrected chi connectivity index (χ2v) is 3.33. The van der Waals surface area contributed by atoms with Crippen LogP contribution in [0.2, 0.25) is 0 Å². The summed E-state index contributed by atoms with van der Waals surface area (Å²) < 4.78 is 5.03. The van der Waals surface area contributed by atoms with Gasteiger partial charge in [0.25, 0.3) is 0 Å². The molecule has 1 radical (unpaired) electrons. The maximum absolute atomic E-state index is 5.03. The third kappa shape index (κ3) is 3.04. The first-order valence-corrected chi connectivity index (χ1v) is 4.86.